The smallest absolute Gasteiger partial charge is 0.255 e. The molecule has 6 nitrogen and oxygen atoms in total. The molecule has 142 valence electrons. The number of carbonyl (C=O) groups is 2. The summed E-state index contributed by atoms with van der Waals surface area (Å²) in [5.41, 5.74) is 1.56. The second-order valence-electron chi connectivity index (χ2n) is 6.13. The highest BCUT2D eigenvalue weighted by atomic mass is 19.1. The van der Waals surface area contributed by atoms with Gasteiger partial charge >= 0.3 is 0 Å². The zero-order valence-corrected chi connectivity index (χ0v) is 15.0. The van der Waals surface area contributed by atoms with Crippen LogP contribution in [-0.4, -0.2) is 50.1 Å². The lowest BCUT2D eigenvalue weighted by molar-refractivity contribution is 0.0303. The lowest BCUT2D eigenvalue weighted by atomic mass is 10.1. The van der Waals surface area contributed by atoms with Crippen molar-refractivity contribution >= 4 is 11.8 Å². The summed E-state index contributed by atoms with van der Waals surface area (Å²) in [7, 11) is 1.42. The van der Waals surface area contributed by atoms with Gasteiger partial charge in [0.2, 0.25) is 0 Å². The van der Waals surface area contributed by atoms with Crippen molar-refractivity contribution < 1.29 is 23.5 Å². The fraction of sp³-hybridized carbons (Fsp3) is 0.300. The van der Waals surface area contributed by atoms with E-state index in [4.69, 9.17) is 9.47 Å². The van der Waals surface area contributed by atoms with E-state index in [2.05, 4.69) is 5.32 Å². The van der Waals surface area contributed by atoms with E-state index in [1.807, 2.05) is 0 Å². The van der Waals surface area contributed by atoms with Crippen LogP contribution in [0.25, 0.3) is 0 Å². The molecule has 1 aliphatic heterocycles. The van der Waals surface area contributed by atoms with Gasteiger partial charge in [0.05, 0.1) is 25.9 Å². The van der Waals surface area contributed by atoms with Crippen molar-refractivity contribution in [1.29, 1.82) is 0 Å². The van der Waals surface area contributed by atoms with Crippen LogP contribution in [0.2, 0.25) is 0 Å². The third kappa shape index (κ3) is 4.62. The Balaban J connectivity index is 1.61. The van der Waals surface area contributed by atoms with Gasteiger partial charge in [0, 0.05) is 25.2 Å². The van der Waals surface area contributed by atoms with Gasteiger partial charge in [-0.3, -0.25) is 9.59 Å². The molecule has 0 aromatic heterocycles. The van der Waals surface area contributed by atoms with Crippen LogP contribution in [0.5, 0.6) is 5.75 Å². The molecule has 7 heteroatoms. The predicted octanol–water partition coefficient (Wildman–Crippen LogP) is 2.24. The first kappa shape index (κ1) is 18.8. The number of amides is 2. The molecule has 1 heterocycles. The molecule has 0 radical (unpaired) electrons. The van der Waals surface area contributed by atoms with E-state index in [1.165, 1.54) is 19.2 Å². The number of nitrogens with one attached hydrogen (secondary N) is 1. The van der Waals surface area contributed by atoms with Crippen LogP contribution in [0.1, 0.15) is 26.3 Å². The number of hydrogen-bond donors (Lipinski definition) is 1. The van der Waals surface area contributed by atoms with Gasteiger partial charge in [-0.2, -0.15) is 0 Å². The first-order valence-corrected chi connectivity index (χ1v) is 8.66. The molecule has 0 unspecified atom stereocenters. The van der Waals surface area contributed by atoms with Crippen LogP contribution in [0.4, 0.5) is 4.39 Å². The lowest BCUT2D eigenvalue weighted by Gasteiger charge is -2.26. The average Bonchev–Trinajstić information content (AvgIpc) is 2.72. The molecule has 1 N–H and O–H groups in total. The Morgan fingerprint density at radius 3 is 2.52 bits per heavy atom. The Morgan fingerprint density at radius 2 is 1.85 bits per heavy atom. The first-order valence-electron chi connectivity index (χ1n) is 8.66. The normalized spacial score (nSPS) is 13.9. The summed E-state index contributed by atoms with van der Waals surface area (Å²) in [5, 5.41) is 2.73. The predicted molar refractivity (Wildman–Crippen MR) is 97.3 cm³/mol. The summed E-state index contributed by atoms with van der Waals surface area (Å²) in [5.74, 6) is -0.662. The van der Waals surface area contributed by atoms with Gasteiger partial charge in [0.1, 0.15) is 11.6 Å². The third-order valence-corrected chi connectivity index (χ3v) is 4.36. The minimum atomic E-state index is -0.507. The number of rotatable bonds is 5. The van der Waals surface area contributed by atoms with E-state index in [1.54, 1.807) is 29.2 Å². The number of carbonyl (C=O) groups excluding carboxylic acids is 2. The maximum Gasteiger partial charge on any atom is 0.255 e. The van der Waals surface area contributed by atoms with Crippen molar-refractivity contribution in [3.63, 3.8) is 0 Å². The molecule has 1 aliphatic rings. The number of halogens is 1. The second kappa shape index (κ2) is 8.64. The summed E-state index contributed by atoms with van der Waals surface area (Å²) in [6, 6.07) is 10.8. The fourth-order valence-corrected chi connectivity index (χ4v) is 2.85. The van der Waals surface area contributed by atoms with Crippen molar-refractivity contribution in [3.05, 3.63) is 65.0 Å². The monoisotopic (exact) mass is 372 g/mol. The Kier molecular flexibility index (Phi) is 6.03. The molecule has 27 heavy (non-hydrogen) atoms. The number of ether oxygens (including phenoxy) is 2. The molecule has 3 rings (SSSR count). The summed E-state index contributed by atoms with van der Waals surface area (Å²) in [6.07, 6.45) is 0. The van der Waals surface area contributed by atoms with Gasteiger partial charge in [-0.25, -0.2) is 4.39 Å². The van der Waals surface area contributed by atoms with Crippen molar-refractivity contribution in [3.8, 4) is 5.75 Å². The zero-order valence-electron chi connectivity index (χ0n) is 15.0. The number of methoxy groups -OCH3 is 1. The second-order valence-corrected chi connectivity index (χ2v) is 6.13. The lowest BCUT2D eigenvalue weighted by Crippen LogP contribution is -2.40. The molecule has 2 aromatic rings. The Bertz CT molecular complexity index is 817. The van der Waals surface area contributed by atoms with Gasteiger partial charge in [-0.1, -0.05) is 12.1 Å². The zero-order chi connectivity index (χ0) is 19.2. The number of hydrogen-bond acceptors (Lipinski definition) is 4. The number of morpholine rings is 1. The van der Waals surface area contributed by atoms with Crippen LogP contribution in [0, 0.1) is 5.82 Å². The number of benzene rings is 2. The van der Waals surface area contributed by atoms with Crippen LogP contribution in [-0.2, 0) is 11.3 Å². The molecule has 0 atom stereocenters. The molecule has 0 spiro atoms. The minimum absolute atomic E-state index is 0.0293. The standard InChI is InChI=1S/C20H21FN2O4/c1-26-18-7-6-16(21)12-17(18)19(24)22-13-14-2-4-15(5-3-14)20(25)23-8-10-27-11-9-23/h2-7,12H,8-11,13H2,1H3,(H,22,24). The van der Waals surface area contributed by atoms with E-state index in [-0.39, 0.29) is 18.0 Å². The Hall–Kier alpha value is -2.93. The quantitative estimate of drug-likeness (QED) is 0.874. The molecular formula is C20H21FN2O4. The van der Waals surface area contributed by atoms with E-state index in [9.17, 15) is 14.0 Å². The molecule has 0 aliphatic carbocycles. The molecular weight excluding hydrogens is 351 g/mol. The van der Waals surface area contributed by atoms with Gasteiger partial charge in [0.25, 0.3) is 11.8 Å². The maximum absolute atomic E-state index is 13.4. The molecule has 2 amide bonds. The minimum Gasteiger partial charge on any atom is -0.496 e. The van der Waals surface area contributed by atoms with E-state index in [0.717, 1.165) is 11.6 Å². The molecule has 1 fully saturated rings. The summed E-state index contributed by atoms with van der Waals surface area (Å²) < 4.78 is 23.7. The average molecular weight is 372 g/mol. The summed E-state index contributed by atoms with van der Waals surface area (Å²) in [6.45, 7) is 2.54. The van der Waals surface area contributed by atoms with E-state index >= 15 is 0 Å². The Morgan fingerprint density at radius 1 is 1.15 bits per heavy atom. The maximum atomic E-state index is 13.4. The summed E-state index contributed by atoms with van der Waals surface area (Å²) in [4.78, 5) is 26.5. The first-order chi connectivity index (χ1) is 13.1. The summed E-state index contributed by atoms with van der Waals surface area (Å²) >= 11 is 0. The number of nitrogens with zero attached hydrogens (tertiary/aromatic N) is 1. The highest BCUT2D eigenvalue weighted by Crippen LogP contribution is 2.19. The van der Waals surface area contributed by atoms with Gasteiger partial charge in [-0.05, 0) is 35.9 Å². The molecule has 1 saturated heterocycles. The largest absolute Gasteiger partial charge is 0.496 e. The van der Waals surface area contributed by atoms with E-state index in [0.29, 0.717) is 37.6 Å². The Labute approximate surface area is 156 Å². The van der Waals surface area contributed by atoms with Gasteiger partial charge < -0.3 is 19.7 Å². The van der Waals surface area contributed by atoms with Crippen LogP contribution >= 0.6 is 0 Å². The topological polar surface area (TPSA) is 67.9 Å². The molecule has 2 aromatic carbocycles. The fourth-order valence-electron chi connectivity index (χ4n) is 2.85. The van der Waals surface area contributed by atoms with Crippen molar-refractivity contribution in [2.45, 2.75) is 6.54 Å². The van der Waals surface area contributed by atoms with Gasteiger partial charge in [0.15, 0.2) is 0 Å². The van der Waals surface area contributed by atoms with Crippen molar-refractivity contribution in [1.82, 2.24) is 10.2 Å². The highest BCUT2D eigenvalue weighted by Gasteiger charge is 2.18. The molecule has 0 bridgehead atoms. The third-order valence-electron chi connectivity index (χ3n) is 4.36. The van der Waals surface area contributed by atoms with Gasteiger partial charge in [-0.15, -0.1) is 0 Å². The van der Waals surface area contributed by atoms with Crippen molar-refractivity contribution in [2.75, 3.05) is 33.4 Å². The van der Waals surface area contributed by atoms with Crippen LogP contribution < -0.4 is 10.1 Å². The van der Waals surface area contributed by atoms with Crippen molar-refractivity contribution in [2.24, 2.45) is 0 Å². The highest BCUT2D eigenvalue weighted by molar-refractivity contribution is 5.97. The SMILES string of the molecule is COc1ccc(F)cc1C(=O)NCc1ccc(C(=O)N2CCOCC2)cc1. The molecule has 0 saturated carbocycles. The van der Waals surface area contributed by atoms with E-state index < -0.39 is 11.7 Å². The van der Waals surface area contributed by atoms with Crippen LogP contribution in [0.15, 0.2) is 42.5 Å². The van der Waals surface area contributed by atoms with Crippen LogP contribution in [0.3, 0.4) is 0 Å².